The maximum Gasteiger partial charge on any atom is 0.497 e. The molecule has 2 heterocycles. The Morgan fingerprint density at radius 1 is 1.09 bits per heavy atom. The lowest BCUT2D eigenvalue weighted by Crippen LogP contribution is -2.41. The van der Waals surface area contributed by atoms with Crippen LogP contribution in [0, 0.1) is 11.2 Å². The van der Waals surface area contributed by atoms with Crippen LogP contribution in [0.5, 0.6) is 0 Å². The SMILES string of the molecule is CC(C)(C)OC(=O)N1CCC2(CCC(c3ccc(B4OC(C)(C)C(C)(C)O4)c(F)c3)CC2)C1. The molecular weight excluding hydrogens is 420 g/mol. The molecule has 182 valence electrons. The van der Waals surface area contributed by atoms with Crippen molar-refractivity contribution >= 4 is 18.7 Å². The minimum Gasteiger partial charge on any atom is -0.444 e. The fourth-order valence-corrected chi connectivity index (χ4v) is 5.35. The number of likely N-dealkylation sites (tertiary alicyclic amines) is 1. The summed E-state index contributed by atoms with van der Waals surface area (Å²) >= 11 is 0. The van der Waals surface area contributed by atoms with Crippen molar-refractivity contribution < 1.29 is 23.2 Å². The molecule has 0 aromatic heterocycles. The van der Waals surface area contributed by atoms with E-state index in [1.54, 1.807) is 6.07 Å². The van der Waals surface area contributed by atoms with Crippen molar-refractivity contribution in [3.05, 3.63) is 29.6 Å². The zero-order valence-corrected chi connectivity index (χ0v) is 21.3. The second-order valence-corrected chi connectivity index (χ2v) is 12.3. The van der Waals surface area contributed by atoms with Crippen LogP contribution in [0.15, 0.2) is 18.2 Å². The summed E-state index contributed by atoms with van der Waals surface area (Å²) in [5, 5.41) is 0. The van der Waals surface area contributed by atoms with Gasteiger partial charge < -0.3 is 18.9 Å². The Kier molecular flexibility index (Phi) is 6.14. The number of ether oxygens (including phenoxy) is 1. The van der Waals surface area contributed by atoms with E-state index in [1.165, 1.54) is 0 Å². The Morgan fingerprint density at radius 2 is 1.70 bits per heavy atom. The quantitative estimate of drug-likeness (QED) is 0.555. The molecule has 4 rings (SSSR count). The van der Waals surface area contributed by atoms with E-state index in [0.717, 1.165) is 50.8 Å². The lowest BCUT2D eigenvalue weighted by atomic mass is 9.68. The molecule has 1 spiro atoms. The highest BCUT2D eigenvalue weighted by Gasteiger charge is 2.52. The second kappa shape index (κ2) is 8.26. The van der Waals surface area contributed by atoms with Crippen molar-refractivity contribution in [1.29, 1.82) is 0 Å². The van der Waals surface area contributed by atoms with Crippen LogP contribution in [0.3, 0.4) is 0 Å². The van der Waals surface area contributed by atoms with Crippen LogP contribution in [-0.2, 0) is 14.0 Å². The molecule has 3 aliphatic rings. The molecule has 0 bridgehead atoms. The van der Waals surface area contributed by atoms with Gasteiger partial charge in [-0.15, -0.1) is 0 Å². The molecule has 7 heteroatoms. The summed E-state index contributed by atoms with van der Waals surface area (Å²) < 4.78 is 32.7. The number of rotatable bonds is 2. The number of nitrogens with zero attached hydrogens (tertiary/aromatic N) is 1. The molecule has 0 N–H and O–H groups in total. The maximum absolute atomic E-state index is 15.1. The monoisotopic (exact) mass is 459 g/mol. The third-order valence-corrected chi connectivity index (χ3v) is 8.14. The summed E-state index contributed by atoms with van der Waals surface area (Å²) in [4.78, 5) is 14.3. The average molecular weight is 459 g/mol. The van der Waals surface area contributed by atoms with Gasteiger partial charge in [-0.25, -0.2) is 9.18 Å². The number of benzene rings is 1. The van der Waals surface area contributed by atoms with Gasteiger partial charge in [-0.2, -0.15) is 0 Å². The summed E-state index contributed by atoms with van der Waals surface area (Å²) in [6.45, 7) is 15.1. The summed E-state index contributed by atoms with van der Waals surface area (Å²) in [5.41, 5.74) is 0.234. The molecule has 2 aliphatic heterocycles. The highest BCUT2D eigenvalue weighted by Crippen LogP contribution is 2.48. The fraction of sp³-hybridized carbons (Fsp3) is 0.731. The summed E-state index contributed by atoms with van der Waals surface area (Å²) in [6.07, 6.45) is 4.94. The maximum atomic E-state index is 15.1. The zero-order valence-electron chi connectivity index (χ0n) is 21.3. The van der Waals surface area contributed by atoms with Gasteiger partial charge in [-0.3, -0.25) is 0 Å². The van der Waals surface area contributed by atoms with Crippen LogP contribution in [0.25, 0.3) is 0 Å². The lowest BCUT2D eigenvalue weighted by molar-refractivity contribution is 0.00578. The van der Waals surface area contributed by atoms with Crippen molar-refractivity contribution in [2.75, 3.05) is 13.1 Å². The molecule has 3 fully saturated rings. The fourth-order valence-electron chi connectivity index (χ4n) is 5.35. The van der Waals surface area contributed by atoms with Crippen LogP contribution in [0.2, 0.25) is 0 Å². The van der Waals surface area contributed by atoms with Gasteiger partial charge in [-0.05, 0) is 104 Å². The van der Waals surface area contributed by atoms with E-state index in [-0.39, 0.29) is 17.3 Å². The number of amides is 1. The molecular formula is C26H39BFNO4. The molecule has 1 saturated carbocycles. The van der Waals surface area contributed by atoms with Gasteiger partial charge in [0.25, 0.3) is 0 Å². The molecule has 5 nitrogen and oxygen atoms in total. The lowest BCUT2D eigenvalue weighted by Gasteiger charge is -2.37. The van der Waals surface area contributed by atoms with Crippen molar-refractivity contribution in [2.24, 2.45) is 5.41 Å². The molecule has 1 amide bonds. The average Bonchev–Trinajstić information content (AvgIpc) is 3.19. The third kappa shape index (κ3) is 4.95. The van der Waals surface area contributed by atoms with E-state index < -0.39 is 23.9 Å². The zero-order chi connectivity index (χ0) is 24.2. The molecule has 1 aliphatic carbocycles. The van der Waals surface area contributed by atoms with Crippen molar-refractivity contribution in [1.82, 2.24) is 4.90 Å². The first-order valence-electron chi connectivity index (χ1n) is 12.3. The molecule has 1 aromatic carbocycles. The summed E-state index contributed by atoms with van der Waals surface area (Å²) in [7, 11) is -0.684. The first-order chi connectivity index (χ1) is 15.2. The van der Waals surface area contributed by atoms with Gasteiger partial charge in [0.05, 0.1) is 11.2 Å². The van der Waals surface area contributed by atoms with Gasteiger partial charge in [0.1, 0.15) is 11.4 Å². The predicted octanol–water partition coefficient (Wildman–Crippen LogP) is 5.41. The summed E-state index contributed by atoms with van der Waals surface area (Å²) in [6, 6.07) is 5.54. The van der Waals surface area contributed by atoms with Gasteiger partial charge in [0.2, 0.25) is 0 Å². The van der Waals surface area contributed by atoms with E-state index in [9.17, 15) is 4.79 Å². The van der Waals surface area contributed by atoms with E-state index in [0.29, 0.717) is 11.4 Å². The highest BCUT2D eigenvalue weighted by atomic mass is 19.1. The number of halogens is 1. The molecule has 0 atom stereocenters. The number of carbonyl (C=O) groups excluding carboxylic acids is 1. The minimum absolute atomic E-state index is 0.175. The third-order valence-electron chi connectivity index (χ3n) is 8.14. The van der Waals surface area contributed by atoms with E-state index >= 15 is 4.39 Å². The first-order valence-corrected chi connectivity index (χ1v) is 12.3. The highest BCUT2D eigenvalue weighted by molar-refractivity contribution is 6.62. The van der Waals surface area contributed by atoms with E-state index in [1.807, 2.05) is 65.5 Å². The Bertz CT molecular complexity index is 886. The first kappa shape index (κ1) is 24.5. The van der Waals surface area contributed by atoms with Crippen LogP contribution in [0.4, 0.5) is 9.18 Å². The Balaban J connectivity index is 1.37. The smallest absolute Gasteiger partial charge is 0.444 e. The van der Waals surface area contributed by atoms with Gasteiger partial charge in [0.15, 0.2) is 0 Å². The van der Waals surface area contributed by atoms with Gasteiger partial charge in [-0.1, -0.05) is 12.1 Å². The molecule has 0 unspecified atom stereocenters. The Morgan fingerprint density at radius 3 is 2.24 bits per heavy atom. The Hall–Kier alpha value is -1.60. The largest absolute Gasteiger partial charge is 0.497 e. The predicted molar refractivity (Wildman–Crippen MR) is 128 cm³/mol. The van der Waals surface area contributed by atoms with E-state index in [2.05, 4.69) is 0 Å². The molecule has 2 saturated heterocycles. The van der Waals surface area contributed by atoms with Crippen LogP contribution < -0.4 is 5.46 Å². The van der Waals surface area contributed by atoms with Crippen molar-refractivity contribution in [2.45, 2.75) is 103 Å². The van der Waals surface area contributed by atoms with Crippen LogP contribution in [0.1, 0.15) is 92.1 Å². The van der Waals surface area contributed by atoms with Gasteiger partial charge >= 0.3 is 13.2 Å². The van der Waals surface area contributed by atoms with Crippen LogP contribution >= 0.6 is 0 Å². The van der Waals surface area contributed by atoms with E-state index in [4.69, 9.17) is 14.0 Å². The minimum atomic E-state index is -0.684. The Labute approximate surface area is 198 Å². The number of hydrogen-bond acceptors (Lipinski definition) is 4. The summed E-state index contributed by atoms with van der Waals surface area (Å²) in [5.74, 6) is 0.0799. The second-order valence-electron chi connectivity index (χ2n) is 12.3. The number of carbonyl (C=O) groups is 1. The van der Waals surface area contributed by atoms with Crippen molar-refractivity contribution in [3.63, 3.8) is 0 Å². The normalized spacial score (nSPS) is 29.0. The van der Waals surface area contributed by atoms with Gasteiger partial charge in [0, 0.05) is 18.6 Å². The number of hydrogen-bond donors (Lipinski definition) is 0. The molecule has 1 aromatic rings. The van der Waals surface area contributed by atoms with Crippen LogP contribution in [-0.4, -0.2) is 48.0 Å². The molecule has 0 radical (unpaired) electrons. The topological polar surface area (TPSA) is 48.0 Å². The molecule has 33 heavy (non-hydrogen) atoms. The standard InChI is InChI=1S/C26H39BFNO4/c1-23(2,3)31-22(30)29-15-14-26(17-29)12-10-18(11-13-26)19-8-9-20(21(28)16-19)27-32-24(4,5)25(6,7)33-27/h8-9,16,18H,10-15,17H2,1-7H3. The van der Waals surface area contributed by atoms with Crippen molar-refractivity contribution in [3.8, 4) is 0 Å².